The molecule has 3 rings (SSSR count). The summed E-state index contributed by atoms with van der Waals surface area (Å²) in [5, 5.41) is 4.19. The van der Waals surface area contributed by atoms with Gasteiger partial charge in [-0.15, -0.1) is 11.6 Å². The van der Waals surface area contributed by atoms with Gasteiger partial charge in [-0.2, -0.15) is 10.1 Å². The van der Waals surface area contributed by atoms with Crippen molar-refractivity contribution < 1.29 is 4.74 Å². The maximum atomic E-state index is 5.88. The van der Waals surface area contributed by atoms with Crippen molar-refractivity contribution in [2.24, 2.45) is 7.05 Å². The molecule has 0 radical (unpaired) electrons. The summed E-state index contributed by atoms with van der Waals surface area (Å²) < 4.78 is 9.05. The average Bonchev–Trinajstić information content (AvgIpc) is 3.04. The lowest BCUT2D eigenvalue weighted by molar-refractivity contribution is 0.401. The number of aromatic nitrogens is 6. The second kappa shape index (κ2) is 5.69. The van der Waals surface area contributed by atoms with E-state index in [-0.39, 0.29) is 0 Å². The molecule has 8 heteroatoms. The molecule has 0 amide bonds. The van der Waals surface area contributed by atoms with Gasteiger partial charge in [-0.3, -0.25) is 4.68 Å². The van der Waals surface area contributed by atoms with Crippen LogP contribution in [0.3, 0.4) is 0 Å². The summed E-state index contributed by atoms with van der Waals surface area (Å²) >= 11 is 5.88. The average molecular weight is 307 g/mol. The molecule has 0 saturated heterocycles. The van der Waals surface area contributed by atoms with Crippen molar-refractivity contribution in [2.75, 3.05) is 13.0 Å². The fourth-order valence-corrected chi connectivity index (χ4v) is 2.46. The zero-order valence-corrected chi connectivity index (χ0v) is 12.6. The Morgan fingerprint density at radius 3 is 2.86 bits per heavy atom. The van der Waals surface area contributed by atoms with E-state index in [0.717, 1.165) is 17.0 Å². The number of alkyl halides is 1. The van der Waals surface area contributed by atoms with Gasteiger partial charge in [0.1, 0.15) is 12.2 Å². The van der Waals surface area contributed by atoms with Gasteiger partial charge in [-0.25, -0.2) is 9.97 Å². The molecule has 0 aliphatic carbocycles. The van der Waals surface area contributed by atoms with Crippen LogP contribution in [0.5, 0.6) is 5.88 Å². The fourth-order valence-electron chi connectivity index (χ4n) is 2.29. The number of methoxy groups -OCH3 is 1. The van der Waals surface area contributed by atoms with Crippen LogP contribution in [0.1, 0.15) is 11.4 Å². The molecule has 0 aromatic carbocycles. The number of ether oxygens (including phenoxy) is 1. The summed E-state index contributed by atoms with van der Waals surface area (Å²) in [6.07, 6.45) is 5.93. The van der Waals surface area contributed by atoms with Crippen LogP contribution in [0.4, 0.5) is 0 Å². The summed E-state index contributed by atoms with van der Waals surface area (Å²) in [7, 11) is 3.46. The van der Waals surface area contributed by atoms with Crippen LogP contribution in [-0.2, 0) is 20.0 Å². The molecule has 3 aromatic heterocycles. The summed E-state index contributed by atoms with van der Waals surface area (Å²) in [6, 6.07) is 0. The van der Waals surface area contributed by atoms with E-state index >= 15 is 0 Å². The van der Waals surface area contributed by atoms with E-state index in [4.69, 9.17) is 16.3 Å². The van der Waals surface area contributed by atoms with E-state index < -0.39 is 0 Å². The summed E-state index contributed by atoms with van der Waals surface area (Å²) in [4.78, 5) is 13.0. The minimum atomic E-state index is 0.473. The minimum absolute atomic E-state index is 0.473. The van der Waals surface area contributed by atoms with Crippen molar-refractivity contribution in [3.05, 3.63) is 30.1 Å². The first-order chi connectivity index (χ1) is 10.2. The number of rotatable bonds is 5. The molecule has 0 unspecified atom stereocenters. The molecule has 0 aliphatic rings. The summed E-state index contributed by atoms with van der Waals surface area (Å²) in [5.41, 5.74) is 2.47. The second-order valence-electron chi connectivity index (χ2n) is 4.63. The number of halogens is 1. The third kappa shape index (κ3) is 2.56. The molecule has 0 spiro atoms. The van der Waals surface area contributed by atoms with Crippen molar-refractivity contribution in [1.29, 1.82) is 0 Å². The molecule has 110 valence electrons. The van der Waals surface area contributed by atoms with Gasteiger partial charge in [0.2, 0.25) is 5.88 Å². The lowest BCUT2D eigenvalue weighted by atomic mass is 10.3. The Hall–Kier alpha value is -2.15. The number of aryl methyl sites for hydroxylation is 2. The first kappa shape index (κ1) is 13.8. The van der Waals surface area contributed by atoms with Gasteiger partial charge in [0.25, 0.3) is 0 Å². The molecule has 3 heterocycles. The number of nitrogens with zero attached hydrogens (tertiary/aromatic N) is 6. The highest BCUT2D eigenvalue weighted by molar-refractivity contribution is 6.17. The molecule has 21 heavy (non-hydrogen) atoms. The Balaban J connectivity index is 2.11. The molecule has 0 N–H and O–H groups in total. The van der Waals surface area contributed by atoms with Gasteiger partial charge in [0.15, 0.2) is 11.2 Å². The highest BCUT2D eigenvalue weighted by Crippen LogP contribution is 2.23. The quantitative estimate of drug-likeness (QED) is 0.666. The molecular formula is C13H15ClN6O. The van der Waals surface area contributed by atoms with E-state index in [2.05, 4.69) is 20.1 Å². The Kier molecular flexibility index (Phi) is 3.74. The third-order valence-corrected chi connectivity index (χ3v) is 3.38. The first-order valence-electron chi connectivity index (χ1n) is 6.50. The zero-order chi connectivity index (χ0) is 14.8. The van der Waals surface area contributed by atoms with Gasteiger partial charge in [-0.1, -0.05) is 0 Å². The van der Waals surface area contributed by atoms with E-state index in [1.807, 2.05) is 24.0 Å². The second-order valence-corrected chi connectivity index (χ2v) is 5.01. The van der Waals surface area contributed by atoms with E-state index in [0.29, 0.717) is 30.2 Å². The summed E-state index contributed by atoms with van der Waals surface area (Å²) in [5.74, 6) is 1.83. The van der Waals surface area contributed by atoms with Gasteiger partial charge in [0.05, 0.1) is 19.9 Å². The summed E-state index contributed by atoms with van der Waals surface area (Å²) in [6.45, 7) is 0.636. The van der Waals surface area contributed by atoms with Crippen LogP contribution in [0.2, 0.25) is 0 Å². The van der Waals surface area contributed by atoms with Crippen LogP contribution in [0.15, 0.2) is 18.7 Å². The Morgan fingerprint density at radius 1 is 1.33 bits per heavy atom. The SMILES string of the molecule is COc1ncnc2c1nc(CCCl)n2Cc1cnn(C)c1. The van der Waals surface area contributed by atoms with Crippen LogP contribution in [-0.4, -0.2) is 42.3 Å². The van der Waals surface area contributed by atoms with Crippen molar-refractivity contribution in [3.8, 4) is 5.88 Å². The molecule has 3 aromatic rings. The van der Waals surface area contributed by atoms with Crippen molar-refractivity contribution in [1.82, 2.24) is 29.3 Å². The fraction of sp³-hybridized carbons (Fsp3) is 0.385. The van der Waals surface area contributed by atoms with Gasteiger partial charge >= 0.3 is 0 Å². The normalized spacial score (nSPS) is 11.2. The van der Waals surface area contributed by atoms with Crippen LogP contribution in [0.25, 0.3) is 11.2 Å². The monoisotopic (exact) mass is 306 g/mol. The molecule has 0 bridgehead atoms. The molecule has 0 aliphatic heterocycles. The first-order valence-corrected chi connectivity index (χ1v) is 7.04. The van der Waals surface area contributed by atoms with Crippen LogP contribution < -0.4 is 4.74 Å². The predicted octanol–water partition coefficient (Wildman–Crippen LogP) is 1.40. The van der Waals surface area contributed by atoms with Gasteiger partial charge in [0, 0.05) is 31.1 Å². The van der Waals surface area contributed by atoms with Crippen LogP contribution in [0, 0.1) is 0 Å². The lowest BCUT2D eigenvalue weighted by Gasteiger charge is -2.06. The predicted molar refractivity (Wildman–Crippen MR) is 78.6 cm³/mol. The number of imidazole rings is 1. The maximum Gasteiger partial charge on any atom is 0.245 e. The van der Waals surface area contributed by atoms with Gasteiger partial charge in [-0.05, 0) is 0 Å². The molecule has 0 fully saturated rings. The maximum absolute atomic E-state index is 5.88. The number of hydrogen-bond acceptors (Lipinski definition) is 5. The van der Waals surface area contributed by atoms with Crippen molar-refractivity contribution in [3.63, 3.8) is 0 Å². The highest BCUT2D eigenvalue weighted by Gasteiger charge is 2.16. The third-order valence-electron chi connectivity index (χ3n) is 3.19. The van der Waals surface area contributed by atoms with E-state index in [1.165, 1.54) is 6.33 Å². The molecule has 0 atom stereocenters. The molecule has 0 saturated carbocycles. The Bertz CT molecular complexity index is 765. The van der Waals surface area contributed by atoms with Crippen LogP contribution >= 0.6 is 11.6 Å². The standard InChI is InChI=1S/C13H15ClN6O/c1-19-6-9(5-17-19)7-20-10(3-4-14)18-11-12(20)15-8-16-13(11)21-2/h5-6,8H,3-4,7H2,1-2H3. The largest absolute Gasteiger partial charge is 0.479 e. The highest BCUT2D eigenvalue weighted by atomic mass is 35.5. The van der Waals surface area contributed by atoms with Gasteiger partial charge < -0.3 is 9.30 Å². The molecule has 7 nitrogen and oxygen atoms in total. The number of hydrogen-bond donors (Lipinski definition) is 0. The minimum Gasteiger partial charge on any atom is -0.479 e. The smallest absolute Gasteiger partial charge is 0.245 e. The Labute approximate surface area is 126 Å². The van der Waals surface area contributed by atoms with E-state index in [1.54, 1.807) is 11.8 Å². The van der Waals surface area contributed by atoms with Crippen molar-refractivity contribution >= 4 is 22.8 Å². The Morgan fingerprint density at radius 2 is 2.19 bits per heavy atom. The lowest BCUT2D eigenvalue weighted by Crippen LogP contribution is -2.06. The molecular weight excluding hydrogens is 292 g/mol. The topological polar surface area (TPSA) is 70.7 Å². The van der Waals surface area contributed by atoms with Crippen molar-refractivity contribution in [2.45, 2.75) is 13.0 Å². The number of fused-ring (bicyclic) bond motifs is 1. The zero-order valence-electron chi connectivity index (χ0n) is 11.8. The van der Waals surface area contributed by atoms with E-state index in [9.17, 15) is 0 Å².